The monoisotopic (exact) mass is 234 g/mol. The van der Waals surface area contributed by atoms with Crippen LogP contribution in [0.5, 0.6) is 5.75 Å². The van der Waals surface area contributed by atoms with Crippen molar-refractivity contribution in [1.29, 1.82) is 0 Å². The molecule has 1 aromatic carbocycles. The number of carboxylic acids is 1. The van der Waals surface area contributed by atoms with Gasteiger partial charge in [0.15, 0.2) is 0 Å². The molecule has 0 aliphatic heterocycles. The lowest BCUT2D eigenvalue weighted by Crippen LogP contribution is -2.31. The average molecular weight is 234 g/mol. The maximum atomic E-state index is 11.1. The number of methoxy groups -OCH3 is 1. The van der Waals surface area contributed by atoms with Gasteiger partial charge in [-0.25, -0.2) is 0 Å². The molecule has 2 unspecified atom stereocenters. The summed E-state index contributed by atoms with van der Waals surface area (Å²) in [6.45, 7) is 4.06. The highest BCUT2D eigenvalue weighted by atomic mass is 16.5. The van der Waals surface area contributed by atoms with Crippen LogP contribution in [0.4, 0.5) is 0 Å². The summed E-state index contributed by atoms with van der Waals surface area (Å²) in [5.74, 6) is 0.0373. The lowest BCUT2D eigenvalue weighted by molar-refractivity contribution is -0.145. The van der Waals surface area contributed by atoms with Crippen molar-refractivity contribution in [2.75, 3.05) is 7.11 Å². The van der Waals surface area contributed by atoms with E-state index in [1.54, 1.807) is 7.11 Å². The standard InChI is InChI=1S/C14H18O3/c1-8-4-5-11(13(17-3)9(8)2)10-6-7-12(10)14(15)16/h4-5,10,12H,6-7H2,1-3H3,(H,15,16). The van der Waals surface area contributed by atoms with Gasteiger partial charge in [0.2, 0.25) is 0 Å². The average Bonchev–Trinajstić information content (AvgIpc) is 2.21. The van der Waals surface area contributed by atoms with Gasteiger partial charge in [0.05, 0.1) is 13.0 Å². The van der Waals surface area contributed by atoms with E-state index in [2.05, 4.69) is 0 Å². The third kappa shape index (κ3) is 1.90. The maximum absolute atomic E-state index is 11.1. The third-order valence-corrected chi connectivity index (χ3v) is 3.90. The van der Waals surface area contributed by atoms with Crippen LogP contribution in [-0.4, -0.2) is 18.2 Å². The third-order valence-electron chi connectivity index (χ3n) is 3.90. The highest BCUT2D eigenvalue weighted by Gasteiger charge is 2.39. The Balaban J connectivity index is 2.39. The number of benzene rings is 1. The van der Waals surface area contributed by atoms with E-state index in [0.717, 1.165) is 29.7 Å². The first kappa shape index (κ1) is 12.0. The van der Waals surface area contributed by atoms with Crippen LogP contribution >= 0.6 is 0 Å². The van der Waals surface area contributed by atoms with Crippen molar-refractivity contribution < 1.29 is 14.6 Å². The molecule has 0 radical (unpaired) electrons. The van der Waals surface area contributed by atoms with Crippen molar-refractivity contribution in [3.63, 3.8) is 0 Å². The molecule has 2 atom stereocenters. The lowest BCUT2D eigenvalue weighted by Gasteiger charge is -2.35. The minimum atomic E-state index is -0.693. The van der Waals surface area contributed by atoms with E-state index in [9.17, 15) is 4.79 Å². The molecule has 1 saturated carbocycles. The molecule has 92 valence electrons. The Kier molecular flexibility index (Phi) is 3.09. The fraction of sp³-hybridized carbons (Fsp3) is 0.500. The van der Waals surface area contributed by atoms with Crippen LogP contribution in [0.3, 0.4) is 0 Å². The second kappa shape index (κ2) is 4.40. The van der Waals surface area contributed by atoms with Gasteiger partial charge in [0.25, 0.3) is 0 Å². The van der Waals surface area contributed by atoms with Crippen molar-refractivity contribution in [1.82, 2.24) is 0 Å². The summed E-state index contributed by atoms with van der Waals surface area (Å²) in [7, 11) is 1.65. The number of carboxylic acid groups (broad SMARTS) is 1. The second-order valence-corrected chi connectivity index (χ2v) is 4.76. The fourth-order valence-corrected chi connectivity index (χ4v) is 2.54. The van der Waals surface area contributed by atoms with Crippen LogP contribution in [0.15, 0.2) is 12.1 Å². The molecule has 2 rings (SSSR count). The van der Waals surface area contributed by atoms with E-state index in [1.807, 2.05) is 26.0 Å². The van der Waals surface area contributed by atoms with Gasteiger partial charge in [-0.15, -0.1) is 0 Å². The van der Waals surface area contributed by atoms with Gasteiger partial charge in [-0.1, -0.05) is 12.1 Å². The Morgan fingerprint density at radius 3 is 2.53 bits per heavy atom. The van der Waals surface area contributed by atoms with Crippen LogP contribution < -0.4 is 4.74 Å². The normalized spacial score (nSPS) is 23.0. The summed E-state index contributed by atoms with van der Waals surface area (Å²) in [5.41, 5.74) is 3.34. The lowest BCUT2D eigenvalue weighted by atomic mass is 9.69. The summed E-state index contributed by atoms with van der Waals surface area (Å²) >= 11 is 0. The Morgan fingerprint density at radius 2 is 2.06 bits per heavy atom. The number of aliphatic carboxylic acids is 1. The van der Waals surface area contributed by atoms with Gasteiger partial charge in [0, 0.05) is 5.92 Å². The van der Waals surface area contributed by atoms with Gasteiger partial charge in [-0.2, -0.15) is 0 Å². The zero-order valence-electron chi connectivity index (χ0n) is 10.5. The minimum absolute atomic E-state index is 0.113. The van der Waals surface area contributed by atoms with E-state index >= 15 is 0 Å². The molecule has 0 saturated heterocycles. The van der Waals surface area contributed by atoms with E-state index in [4.69, 9.17) is 9.84 Å². The second-order valence-electron chi connectivity index (χ2n) is 4.76. The molecule has 0 spiro atoms. The van der Waals surface area contributed by atoms with Crippen LogP contribution in [0.1, 0.15) is 35.4 Å². The Hall–Kier alpha value is -1.51. The molecule has 0 aromatic heterocycles. The van der Waals surface area contributed by atoms with Crippen molar-refractivity contribution >= 4 is 5.97 Å². The molecule has 1 aromatic rings. The highest BCUT2D eigenvalue weighted by Crippen LogP contribution is 2.46. The molecule has 0 heterocycles. The van der Waals surface area contributed by atoms with Gasteiger partial charge in [-0.05, 0) is 43.4 Å². The van der Waals surface area contributed by atoms with E-state index in [0.29, 0.717) is 0 Å². The Morgan fingerprint density at radius 1 is 1.35 bits per heavy atom. The van der Waals surface area contributed by atoms with Crippen molar-refractivity contribution in [2.24, 2.45) is 5.92 Å². The number of hydrogen-bond acceptors (Lipinski definition) is 2. The molecule has 1 N–H and O–H groups in total. The molecule has 1 fully saturated rings. The molecule has 1 aliphatic carbocycles. The fourth-order valence-electron chi connectivity index (χ4n) is 2.54. The minimum Gasteiger partial charge on any atom is -0.496 e. The van der Waals surface area contributed by atoms with Crippen LogP contribution in [0.25, 0.3) is 0 Å². The predicted molar refractivity (Wildman–Crippen MR) is 65.6 cm³/mol. The van der Waals surface area contributed by atoms with Crippen LogP contribution in [0.2, 0.25) is 0 Å². The summed E-state index contributed by atoms with van der Waals surface area (Å²) < 4.78 is 5.45. The van der Waals surface area contributed by atoms with Crippen LogP contribution in [0, 0.1) is 19.8 Å². The topological polar surface area (TPSA) is 46.5 Å². The first-order valence-corrected chi connectivity index (χ1v) is 5.93. The van der Waals surface area contributed by atoms with E-state index < -0.39 is 5.97 Å². The van der Waals surface area contributed by atoms with Gasteiger partial charge >= 0.3 is 5.97 Å². The summed E-state index contributed by atoms with van der Waals surface area (Å²) in [6.07, 6.45) is 1.71. The SMILES string of the molecule is COc1c(C2CCC2C(=O)O)ccc(C)c1C. The smallest absolute Gasteiger partial charge is 0.307 e. The van der Waals surface area contributed by atoms with Crippen LogP contribution in [-0.2, 0) is 4.79 Å². The predicted octanol–water partition coefficient (Wildman–Crippen LogP) is 2.89. The van der Waals surface area contributed by atoms with Crippen molar-refractivity contribution in [3.8, 4) is 5.75 Å². The summed E-state index contributed by atoms with van der Waals surface area (Å²) in [5, 5.41) is 9.11. The van der Waals surface area contributed by atoms with E-state index in [1.165, 1.54) is 5.56 Å². The number of carbonyl (C=O) groups is 1. The molecule has 0 bridgehead atoms. The molecular formula is C14H18O3. The molecule has 17 heavy (non-hydrogen) atoms. The number of hydrogen-bond donors (Lipinski definition) is 1. The van der Waals surface area contributed by atoms with Crippen molar-refractivity contribution in [2.45, 2.75) is 32.6 Å². The quantitative estimate of drug-likeness (QED) is 0.874. The highest BCUT2D eigenvalue weighted by molar-refractivity contribution is 5.73. The first-order chi connectivity index (χ1) is 8.06. The zero-order valence-corrected chi connectivity index (χ0v) is 10.5. The largest absolute Gasteiger partial charge is 0.496 e. The summed E-state index contributed by atoms with van der Waals surface area (Å²) in [6, 6.07) is 4.06. The summed E-state index contributed by atoms with van der Waals surface area (Å²) in [4.78, 5) is 11.1. The molecule has 3 nitrogen and oxygen atoms in total. The van der Waals surface area contributed by atoms with Gasteiger partial charge in [-0.3, -0.25) is 4.79 Å². The zero-order chi connectivity index (χ0) is 12.6. The molecule has 3 heteroatoms. The van der Waals surface area contributed by atoms with Gasteiger partial charge < -0.3 is 9.84 Å². The Bertz CT molecular complexity index is 451. The number of rotatable bonds is 3. The van der Waals surface area contributed by atoms with Crippen molar-refractivity contribution in [3.05, 3.63) is 28.8 Å². The van der Waals surface area contributed by atoms with E-state index in [-0.39, 0.29) is 11.8 Å². The molecule has 0 amide bonds. The van der Waals surface area contributed by atoms with Gasteiger partial charge in [0.1, 0.15) is 5.75 Å². The maximum Gasteiger partial charge on any atom is 0.307 e. The number of ether oxygens (including phenoxy) is 1. The molecular weight excluding hydrogens is 216 g/mol. The molecule has 1 aliphatic rings. The number of aryl methyl sites for hydroxylation is 1. The Labute approximate surface area is 101 Å². The first-order valence-electron chi connectivity index (χ1n) is 5.93.